The van der Waals surface area contributed by atoms with Crippen molar-refractivity contribution in [1.29, 1.82) is 0 Å². The van der Waals surface area contributed by atoms with Crippen LogP contribution in [0.2, 0.25) is 0 Å². The van der Waals surface area contributed by atoms with Gasteiger partial charge in [0.15, 0.2) is 0 Å². The van der Waals surface area contributed by atoms with Crippen molar-refractivity contribution in [3.63, 3.8) is 0 Å². The van der Waals surface area contributed by atoms with Crippen molar-refractivity contribution in [3.05, 3.63) is 0 Å². The number of likely N-dealkylation sites (N-methyl/N-ethyl adjacent to an activating group) is 1. The van der Waals surface area contributed by atoms with Crippen LogP contribution >= 0.6 is 0 Å². The largest absolute Gasteiger partial charge is 0.396 e. The number of carbonyl (C=O) groups excluding carboxylic acids is 1. The Kier molecular flexibility index (Phi) is 6.49. The molecule has 0 aliphatic carbocycles. The number of carbonyl (C=O) groups is 1. The molecule has 0 heterocycles. The third-order valence-electron chi connectivity index (χ3n) is 2.12. The van der Waals surface area contributed by atoms with E-state index in [4.69, 9.17) is 5.11 Å². The van der Waals surface area contributed by atoms with Gasteiger partial charge in [0, 0.05) is 13.2 Å². The van der Waals surface area contributed by atoms with Gasteiger partial charge in [0.2, 0.25) is 5.91 Å². The quantitative estimate of drug-likeness (QED) is 0.514. The Morgan fingerprint density at radius 3 is 2.57 bits per heavy atom. The fourth-order valence-corrected chi connectivity index (χ4v) is 1.10. The molecular weight excluding hydrogens is 180 g/mol. The van der Waals surface area contributed by atoms with Gasteiger partial charge in [-0.2, -0.15) is 0 Å². The second-order valence-electron chi connectivity index (χ2n) is 4.31. The third kappa shape index (κ3) is 6.86. The Hall–Kier alpha value is -0.610. The first kappa shape index (κ1) is 13.4. The summed E-state index contributed by atoms with van der Waals surface area (Å²) in [6, 6.07) is 0. The van der Waals surface area contributed by atoms with Crippen LogP contribution in [0.3, 0.4) is 0 Å². The summed E-state index contributed by atoms with van der Waals surface area (Å²) in [5.41, 5.74) is -0.0340. The van der Waals surface area contributed by atoms with Crippen LogP contribution in [-0.4, -0.2) is 37.8 Å². The second kappa shape index (κ2) is 6.79. The molecule has 0 aliphatic rings. The van der Waals surface area contributed by atoms with Gasteiger partial charge < -0.3 is 15.7 Å². The van der Waals surface area contributed by atoms with Crippen molar-refractivity contribution >= 4 is 5.91 Å². The monoisotopic (exact) mass is 202 g/mol. The molecule has 0 bridgehead atoms. The van der Waals surface area contributed by atoms with E-state index in [1.807, 2.05) is 13.8 Å². The Morgan fingerprint density at radius 2 is 2.07 bits per heavy atom. The molecule has 3 N–H and O–H groups in total. The summed E-state index contributed by atoms with van der Waals surface area (Å²) in [5.74, 6) is 0.0225. The maximum absolute atomic E-state index is 11.0. The smallest absolute Gasteiger partial charge is 0.233 e. The zero-order chi connectivity index (χ0) is 11.0. The lowest BCUT2D eigenvalue weighted by molar-refractivity contribution is -0.120. The van der Waals surface area contributed by atoms with Gasteiger partial charge in [-0.1, -0.05) is 13.8 Å². The van der Waals surface area contributed by atoms with Gasteiger partial charge in [-0.05, 0) is 25.3 Å². The van der Waals surface area contributed by atoms with E-state index in [1.165, 1.54) is 0 Å². The van der Waals surface area contributed by atoms with Crippen LogP contribution in [0.4, 0.5) is 0 Å². The SMILES string of the molecule is CNCC(=O)NCCCC(C)(C)CO. The van der Waals surface area contributed by atoms with Crippen molar-refractivity contribution < 1.29 is 9.90 Å². The number of rotatable bonds is 7. The summed E-state index contributed by atoms with van der Waals surface area (Å²) >= 11 is 0. The Balaban J connectivity index is 3.42. The standard InChI is InChI=1S/C10H22N2O2/c1-10(2,8-13)5-4-6-12-9(14)7-11-3/h11,13H,4-8H2,1-3H3,(H,12,14). The minimum atomic E-state index is -0.0340. The second-order valence-corrected chi connectivity index (χ2v) is 4.31. The normalized spacial score (nSPS) is 11.4. The highest BCUT2D eigenvalue weighted by molar-refractivity contribution is 5.77. The predicted octanol–water partition coefficient (Wildman–Crippen LogP) is 0.121. The van der Waals surface area contributed by atoms with Gasteiger partial charge in [0.25, 0.3) is 0 Å². The molecule has 0 fully saturated rings. The summed E-state index contributed by atoms with van der Waals surface area (Å²) in [5, 5.41) is 14.6. The minimum absolute atomic E-state index is 0.0225. The molecule has 0 aromatic heterocycles. The van der Waals surface area contributed by atoms with Crippen LogP contribution in [0.5, 0.6) is 0 Å². The first-order valence-corrected chi connectivity index (χ1v) is 5.04. The molecule has 14 heavy (non-hydrogen) atoms. The van der Waals surface area contributed by atoms with E-state index in [0.717, 1.165) is 12.8 Å². The van der Waals surface area contributed by atoms with Crippen LogP contribution < -0.4 is 10.6 Å². The molecule has 0 saturated carbocycles. The average molecular weight is 202 g/mol. The van der Waals surface area contributed by atoms with Crippen LogP contribution in [0, 0.1) is 5.41 Å². The summed E-state index contributed by atoms with van der Waals surface area (Å²) in [6.45, 7) is 5.27. The van der Waals surface area contributed by atoms with Gasteiger partial charge in [-0.15, -0.1) is 0 Å². The van der Waals surface area contributed by atoms with Crippen molar-refractivity contribution in [2.24, 2.45) is 5.41 Å². The fourth-order valence-electron chi connectivity index (χ4n) is 1.10. The molecule has 0 aromatic carbocycles. The summed E-state index contributed by atoms with van der Waals surface area (Å²) < 4.78 is 0. The molecule has 0 atom stereocenters. The van der Waals surface area contributed by atoms with Gasteiger partial charge in [-0.25, -0.2) is 0 Å². The zero-order valence-electron chi connectivity index (χ0n) is 9.39. The molecule has 0 unspecified atom stereocenters. The molecule has 4 heteroatoms. The fraction of sp³-hybridized carbons (Fsp3) is 0.900. The number of amides is 1. The number of nitrogens with one attached hydrogen (secondary N) is 2. The number of aliphatic hydroxyl groups is 1. The van der Waals surface area contributed by atoms with E-state index in [9.17, 15) is 4.79 Å². The van der Waals surface area contributed by atoms with E-state index < -0.39 is 0 Å². The Morgan fingerprint density at radius 1 is 1.43 bits per heavy atom. The van der Waals surface area contributed by atoms with E-state index in [-0.39, 0.29) is 17.9 Å². The van der Waals surface area contributed by atoms with E-state index in [0.29, 0.717) is 13.1 Å². The molecule has 0 spiro atoms. The highest BCUT2D eigenvalue weighted by atomic mass is 16.3. The molecule has 0 saturated heterocycles. The Bertz CT molecular complexity index is 170. The summed E-state index contributed by atoms with van der Waals surface area (Å²) in [7, 11) is 1.74. The maximum atomic E-state index is 11.0. The highest BCUT2D eigenvalue weighted by Crippen LogP contribution is 2.20. The van der Waals surface area contributed by atoms with E-state index in [1.54, 1.807) is 7.05 Å². The topological polar surface area (TPSA) is 61.4 Å². The van der Waals surface area contributed by atoms with Crippen LogP contribution in [-0.2, 0) is 4.79 Å². The van der Waals surface area contributed by atoms with Crippen molar-refractivity contribution in [3.8, 4) is 0 Å². The lowest BCUT2D eigenvalue weighted by Crippen LogP contribution is -2.33. The number of hydrogen-bond donors (Lipinski definition) is 3. The van der Waals surface area contributed by atoms with Crippen LogP contribution in [0.25, 0.3) is 0 Å². The number of hydrogen-bond acceptors (Lipinski definition) is 3. The molecule has 0 aromatic rings. The molecule has 0 radical (unpaired) electrons. The molecule has 4 nitrogen and oxygen atoms in total. The molecule has 1 amide bonds. The first-order valence-electron chi connectivity index (χ1n) is 5.04. The molecule has 0 rings (SSSR count). The number of aliphatic hydroxyl groups excluding tert-OH is 1. The average Bonchev–Trinajstić information content (AvgIpc) is 2.13. The predicted molar refractivity (Wildman–Crippen MR) is 57.0 cm³/mol. The Labute approximate surface area is 86.1 Å². The lowest BCUT2D eigenvalue weighted by Gasteiger charge is -2.21. The zero-order valence-corrected chi connectivity index (χ0v) is 9.39. The van der Waals surface area contributed by atoms with E-state index in [2.05, 4.69) is 10.6 Å². The van der Waals surface area contributed by atoms with Gasteiger partial charge in [-0.3, -0.25) is 4.79 Å². The van der Waals surface area contributed by atoms with Crippen LogP contribution in [0.15, 0.2) is 0 Å². The van der Waals surface area contributed by atoms with Crippen molar-refractivity contribution in [2.45, 2.75) is 26.7 Å². The lowest BCUT2D eigenvalue weighted by atomic mass is 9.89. The van der Waals surface area contributed by atoms with E-state index >= 15 is 0 Å². The third-order valence-corrected chi connectivity index (χ3v) is 2.12. The molecule has 84 valence electrons. The van der Waals surface area contributed by atoms with Crippen LogP contribution in [0.1, 0.15) is 26.7 Å². The van der Waals surface area contributed by atoms with Crippen molar-refractivity contribution in [1.82, 2.24) is 10.6 Å². The summed E-state index contributed by atoms with van der Waals surface area (Å²) in [6.07, 6.45) is 1.83. The molecule has 0 aliphatic heterocycles. The summed E-state index contributed by atoms with van der Waals surface area (Å²) in [4.78, 5) is 11.0. The minimum Gasteiger partial charge on any atom is -0.396 e. The highest BCUT2D eigenvalue weighted by Gasteiger charge is 2.15. The molecular formula is C10H22N2O2. The van der Waals surface area contributed by atoms with Gasteiger partial charge in [0.1, 0.15) is 0 Å². The van der Waals surface area contributed by atoms with Gasteiger partial charge >= 0.3 is 0 Å². The van der Waals surface area contributed by atoms with Crippen molar-refractivity contribution in [2.75, 3.05) is 26.7 Å². The maximum Gasteiger partial charge on any atom is 0.233 e. The first-order chi connectivity index (χ1) is 6.52. The van der Waals surface area contributed by atoms with Gasteiger partial charge in [0.05, 0.1) is 6.54 Å².